The Morgan fingerprint density at radius 2 is 2.04 bits per heavy atom. The van der Waals surface area contributed by atoms with Crippen molar-refractivity contribution in [3.05, 3.63) is 58.9 Å². The van der Waals surface area contributed by atoms with Gasteiger partial charge in [-0.2, -0.15) is 4.98 Å². The van der Waals surface area contributed by atoms with Crippen LogP contribution in [0.25, 0.3) is 11.4 Å². The molecule has 144 valence electrons. The van der Waals surface area contributed by atoms with Crippen LogP contribution in [-0.4, -0.2) is 34.7 Å². The molecule has 3 aromatic rings. The van der Waals surface area contributed by atoms with E-state index in [0.29, 0.717) is 24.0 Å². The van der Waals surface area contributed by atoms with Crippen molar-refractivity contribution in [3.63, 3.8) is 0 Å². The molecule has 1 saturated heterocycles. The third kappa shape index (κ3) is 3.60. The van der Waals surface area contributed by atoms with Gasteiger partial charge in [-0.15, -0.1) is 0 Å². The quantitative estimate of drug-likeness (QED) is 0.622. The van der Waals surface area contributed by atoms with E-state index in [1.54, 1.807) is 12.0 Å². The Kier molecular flexibility index (Phi) is 5.29. The van der Waals surface area contributed by atoms with E-state index in [1.807, 2.05) is 48.5 Å². The molecule has 4 rings (SSSR count). The Bertz CT molecular complexity index is 991. The van der Waals surface area contributed by atoms with Gasteiger partial charge < -0.3 is 19.5 Å². The highest BCUT2D eigenvalue weighted by Crippen LogP contribution is 2.34. The van der Waals surface area contributed by atoms with Crippen molar-refractivity contribution in [1.29, 1.82) is 0 Å². The van der Waals surface area contributed by atoms with E-state index >= 15 is 0 Å². The number of nitrogens with zero attached hydrogens (tertiary/aromatic N) is 3. The van der Waals surface area contributed by atoms with Gasteiger partial charge in [-0.1, -0.05) is 29.4 Å². The van der Waals surface area contributed by atoms with Gasteiger partial charge in [0.25, 0.3) is 0 Å². The van der Waals surface area contributed by atoms with Crippen molar-refractivity contribution in [1.82, 2.24) is 15.0 Å². The minimum absolute atomic E-state index is 0.188. The summed E-state index contributed by atoms with van der Waals surface area (Å²) in [6, 6.07) is 14.6. The monoisotopic (exact) mass is 442 g/mol. The lowest BCUT2D eigenvalue weighted by Gasteiger charge is -2.22. The predicted molar refractivity (Wildman–Crippen MR) is 108 cm³/mol. The number of rotatable bonds is 4. The van der Waals surface area contributed by atoms with Crippen LogP contribution < -0.4 is 10.1 Å². The molecule has 1 aromatic heterocycles. The van der Waals surface area contributed by atoms with Crippen LogP contribution in [0.2, 0.25) is 0 Å². The van der Waals surface area contributed by atoms with Gasteiger partial charge in [0.2, 0.25) is 11.7 Å². The lowest BCUT2D eigenvalue weighted by molar-refractivity contribution is 0.193. The number of hydrogen-bond donors (Lipinski definition) is 1. The molecule has 2 amide bonds. The Morgan fingerprint density at radius 1 is 1.25 bits per heavy atom. The molecule has 1 N–H and O–H groups in total. The molecule has 1 fully saturated rings. The summed E-state index contributed by atoms with van der Waals surface area (Å²) in [5.41, 5.74) is 1.47. The standard InChI is InChI=1S/C20H19BrN4O3/c1-27-17-11-5-2-7-13(17)18-23-19(28-24-18)16-10-6-12-25(16)20(26)22-15-9-4-3-8-14(15)21/h2-5,7-9,11,16H,6,10,12H2,1H3,(H,22,26)/t16-/m0/s1. The van der Waals surface area contributed by atoms with Gasteiger partial charge in [0, 0.05) is 11.0 Å². The summed E-state index contributed by atoms with van der Waals surface area (Å²) in [4.78, 5) is 19.1. The van der Waals surface area contributed by atoms with Crippen molar-refractivity contribution < 1.29 is 14.1 Å². The first-order chi connectivity index (χ1) is 13.7. The number of para-hydroxylation sites is 2. The molecule has 2 heterocycles. The van der Waals surface area contributed by atoms with Crippen LogP contribution >= 0.6 is 15.9 Å². The van der Waals surface area contributed by atoms with Gasteiger partial charge in [-0.25, -0.2) is 4.79 Å². The average Bonchev–Trinajstić information content (AvgIpc) is 3.39. The summed E-state index contributed by atoms with van der Waals surface area (Å²) in [7, 11) is 1.60. The van der Waals surface area contributed by atoms with Crippen LogP contribution in [0.15, 0.2) is 57.5 Å². The number of benzene rings is 2. The van der Waals surface area contributed by atoms with Gasteiger partial charge in [0.15, 0.2) is 0 Å². The molecule has 2 aromatic carbocycles. The number of likely N-dealkylation sites (tertiary alicyclic amines) is 1. The maximum atomic E-state index is 12.8. The number of carbonyl (C=O) groups is 1. The molecule has 1 aliphatic rings. The van der Waals surface area contributed by atoms with E-state index in [1.165, 1.54) is 0 Å². The van der Waals surface area contributed by atoms with Crippen molar-refractivity contribution in [2.24, 2.45) is 0 Å². The highest BCUT2D eigenvalue weighted by atomic mass is 79.9. The second-order valence-electron chi connectivity index (χ2n) is 6.42. The third-order valence-electron chi connectivity index (χ3n) is 4.70. The molecular weight excluding hydrogens is 424 g/mol. The van der Waals surface area contributed by atoms with E-state index < -0.39 is 0 Å². The van der Waals surface area contributed by atoms with Crippen LogP contribution in [0.4, 0.5) is 10.5 Å². The van der Waals surface area contributed by atoms with E-state index in [4.69, 9.17) is 9.26 Å². The van der Waals surface area contributed by atoms with Crippen LogP contribution in [0.5, 0.6) is 5.75 Å². The Balaban J connectivity index is 1.55. The van der Waals surface area contributed by atoms with Crippen molar-refractivity contribution >= 4 is 27.6 Å². The zero-order valence-electron chi connectivity index (χ0n) is 15.3. The predicted octanol–water partition coefficient (Wildman–Crippen LogP) is 4.88. The highest BCUT2D eigenvalue weighted by Gasteiger charge is 2.34. The molecule has 0 spiro atoms. The van der Waals surface area contributed by atoms with E-state index in [2.05, 4.69) is 31.4 Å². The summed E-state index contributed by atoms with van der Waals surface area (Å²) in [6.07, 6.45) is 1.65. The lowest BCUT2D eigenvalue weighted by Crippen LogP contribution is -2.34. The number of methoxy groups -OCH3 is 1. The summed E-state index contributed by atoms with van der Waals surface area (Å²) in [5, 5.41) is 7.04. The number of aromatic nitrogens is 2. The van der Waals surface area contributed by atoms with Gasteiger partial charge in [-0.05, 0) is 53.0 Å². The van der Waals surface area contributed by atoms with Gasteiger partial charge >= 0.3 is 6.03 Å². The molecular formula is C20H19BrN4O3. The van der Waals surface area contributed by atoms with Crippen LogP contribution in [0.3, 0.4) is 0 Å². The minimum Gasteiger partial charge on any atom is -0.496 e. The fourth-order valence-electron chi connectivity index (χ4n) is 3.33. The number of amides is 2. The maximum absolute atomic E-state index is 12.8. The van der Waals surface area contributed by atoms with Crippen LogP contribution in [-0.2, 0) is 0 Å². The van der Waals surface area contributed by atoms with Crippen molar-refractivity contribution in [2.75, 3.05) is 19.0 Å². The summed E-state index contributed by atoms with van der Waals surface area (Å²) in [5.74, 6) is 1.55. The minimum atomic E-state index is -0.251. The molecule has 1 atom stereocenters. The molecule has 0 radical (unpaired) electrons. The van der Waals surface area contributed by atoms with E-state index in [0.717, 1.165) is 28.6 Å². The number of anilines is 1. The summed E-state index contributed by atoms with van der Waals surface area (Å²) in [6.45, 7) is 0.632. The molecule has 0 aliphatic carbocycles. The average molecular weight is 443 g/mol. The Morgan fingerprint density at radius 3 is 2.86 bits per heavy atom. The van der Waals surface area contributed by atoms with E-state index in [9.17, 15) is 4.79 Å². The number of urea groups is 1. The molecule has 8 heteroatoms. The van der Waals surface area contributed by atoms with Gasteiger partial charge in [0.1, 0.15) is 11.8 Å². The van der Waals surface area contributed by atoms with Crippen LogP contribution in [0, 0.1) is 0 Å². The number of halogens is 1. The van der Waals surface area contributed by atoms with Crippen molar-refractivity contribution in [3.8, 4) is 17.1 Å². The highest BCUT2D eigenvalue weighted by molar-refractivity contribution is 9.10. The zero-order chi connectivity index (χ0) is 19.5. The molecule has 1 aliphatic heterocycles. The number of hydrogen-bond acceptors (Lipinski definition) is 5. The second-order valence-corrected chi connectivity index (χ2v) is 7.27. The molecule has 0 bridgehead atoms. The van der Waals surface area contributed by atoms with Crippen molar-refractivity contribution in [2.45, 2.75) is 18.9 Å². The number of carbonyl (C=O) groups excluding carboxylic acids is 1. The largest absolute Gasteiger partial charge is 0.496 e. The van der Waals surface area contributed by atoms with Gasteiger partial charge in [-0.3, -0.25) is 0 Å². The fourth-order valence-corrected chi connectivity index (χ4v) is 3.71. The Hall–Kier alpha value is -2.87. The molecule has 0 unspecified atom stereocenters. The zero-order valence-corrected chi connectivity index (χ0v) is 16.8. The van der Waals surface area contributed by atoms with E-state index in [-0.39, 0.29) is 12.1 Å². The normalized spacial score (nSPS) is 16.2. The Labute approximate surface area is 170 Å². The second kappa shape index (κ2) is 8.02. The van der Waals surface area contributed by atoms with Crippen LogP contribution in [0.1, 0.15) is 24.8 Å². The first-order valence-electron chi connectivity index (χ1n) is 8.96. The fraction of sp³-hybridized carbons (Fsp3) is 0.250. The third-order valence-corrected chi connectivity index (χ3v) is 5.40. The maximum Gasteiger partial charge on any atom is 0.322 e. The number of ether oxygens (including phenoxy) is 1. The van der Waals surface area contributed by atoms with Gasteiger partial charge in [0.05, 0.1) is 18.4 Å². The lowest BCUT2D eigenvalue weighted by atomic mass is 10.2. The SMILES string of the molecule is COc1ccccc1-c1noc([C@@H]2CCCN2C(=O)Nc2ccccc2Br)n1. The molecule has 28 heavy (non-hydrogen) atoms. The molecule has 0 saturated carbocycles. The first kappa shape index (κ1) is 18.5. The topological polar surface area (TPSA) is 80.5 Å². The summed E-state index contributed by atoms with van der Waals surface area (Å²) < 4.78 is 11.7. The molecule has 7 nitrogen and oxygen atoms in total. The smallest absolute Gasteiger partial charge is 0.322 e. The summed E-state index contributed by atoms with van der Waals surface area (Å²) >= 11 is 3.45. The first-order valence-corrected chi connectivity index (χ1v) is 9.76. The number of nitrogens with one attached hydrogen (secondary N) is 1.